The molecule has 1 aromatic heterocycles. The van der Waals surface area contributed by atoms with Crippen LogP contribution in [0.5, 0.6) is 5.75 Å². The van der Waals surface area contributed by atoms with Crippen LogP contribution in [-0.4, -0.2) is 23.6 Å². The zero-order valence-electron chi connectivity index (χ0n) is 18.0. The van der Waals surface area contributed by atoms with Crippen LogP contribution in [0.15, 0.2) is 66.7 Å². The molecular formula is C24H22BF4N3O. The van der Waals surface area contributed by atoms with Gasteiger partial charge in [0.05, 0.1) is 29.7 Å². The van der Waals surface area contributed by atoms with E-state index in [1.54, 1.807) is 9.13 Å². The minimum atomic E-state index is -4.47. The molecule has 0 aliphatic heterocycles. The van der Waals surface area contributed by atoms with Crippen LogP contribution in [0.1, 0.15) is 17.5 Å². The second-order valence-electron chi connectivity index (χ2n) is 7.90. The molecule has 33 heavy (non-hydrogen) atoms. The molecule has 0 fully saturated rings. The summed E-state index contributed by atoms with van der Waals surface area (Å²) in [5.74, 6) is 0.146. The fourth-order valence-corrected chi connectivity index (χ4v) is 3.72. The summed E-state index contributed by atoms with van der Waals surface area (Å²) < 4.78 is 62.0. The molecule has 1 heterocycles. The number of aryl methyl sites for hydroxylation is 1. The van der Waals surface area contributed by atoms with Crippen molar-refractivity contribution in [2.75, 3.05) is 6.61 Å². The fraction of sp³-hybridized carbons (Fsp3) is 0.208. The first kappa shape index (κ1) is 22.7. The quantitative estimate of drug-likeness (QED) is 0.257. The number of rotatable bonds is 7. The van der Waals surface area contributed by atoms with Crippen molar-refractivity contribution in [2.24, 2.45) is 0 Å². The number of imidazole rings is 1. The summed E-state index contributed by atoms with van der Waals surface area (Å²) in [5, 5.41) is 8.68. The zero-order chi connectivity index (χ0) is 23.6. The van der Waals surface area contributed by atoms with Gasteiger partial charge in [0.15, 0.2) is 0 Å². The van der Waals surface area contributed by atoms with E-state index in [4.69, 9.17) is 10.1 Å². The molecule has 4 rings (SSSR count). The van der Waals surface area contributed by atoms with Gasteiger partial charge in [-0.2, -0.15) is 13.2 Å². The van der Waals surface area contributed by atoms with Gasteiger partial charge in [0.1, 0.15) is 19.4 Å². The number of nitrogens with zero attached hydrogens (tertiary/aromatic N) is 2. The molecule has 0 aliphatic rings. The third kappa shape index (κ3) is 5.13. The molecule has 0 radical (unpaired) electrons. The van der Waals surface area contributed by atoms with Crippen molar-refractivity contribution in [3.05, 3.63) is 89.3 Å². The number of fused-ring (bicyclic) bond motifs is 1. The Labute approximate surface area is 189 Å². The van der Waals surface area contributed by atoms with E-state index in [9.17, 15) is 17.6 Å². The number of hydrogen-bond donors (Lipinski definition) is 1. The van der Waals surface area contributed by atoms with E-state index in [1.165, 1.54) is 30.3 Å². The predicted molar refractivity (Wildman–Crippen MR) is 121 cm³/mol. The second kappa shape index (κ2) is 9.17. The number of halogens is 4. The predicted octanol–water partition coefficient (Wildman–Crippen LogP) is 3.86. The van der Waals surface area contributed by atoms with Crippen LogP contribution < -0.4 is 15.8 Å². The summed E-state index contributed by atoms with van der Waals surface area (Å²) in [7, 11) is 1.98. The normalized spacial score (nSPS) is 11.8. The molecule has 4 nitrogen and oxygen atoms in total. The summed E-state index contributed by atoms with van der Waals surface area (Å²) >= 11 is 0. The van der Waals surface area contributed by atoms with Crippen LogP contribution in [0, 0.1) is 11.2 Å². The Morgan fingerprint density at radius 1 is 0.879 bits per heavy atom. The molecule has 0 saturated heterocycles. The van der Waals surface area contributed by atoms with Crippen molar-refractivity contribution < 1.29 is 22.3 Å². The van der Waals surface area contributed by atoms with Crippen LogP contribution in [0.4, 0.5) is 17.6 Å². The van der Waals surface area contributed by atoms with E-state index in [-0.39, 0.29) is 18.0 Å². The van der Waals surface area contributed by atoms with Crippen LogP contribution in [0.2, 0.25) is 0 Å². The summed E-state index contributed by atoms with van der Waals surface area (Å²) in [6.45, 7) is 0.959. The van der Waals surface area contributed by atoms with Gasteiger partial charge >= 0.3 is 6.18 Å². The molecule has 0 saturated carbocycles. The van der Waals surface area contributed by atoms with E-state index in [1.807, 2.05) is 32.1 Å². The van der Waals surface area contributed by atoms with Gasteiger partial charge in [-0.3, -0.25) is 5.41 Å². The van der Waals surface area contributed by atoms with Gasteiger partial charge < -0.3 is 13.9 Å². The molecule has 3 aromatic carbocycles. The Bertz CT molecular complexity index is 1310. The number of benzene rings is 3. The first-order valence-electron chi connectivity index (χ1n) is 10.5. The largest absolute Gasteiger partial charge is 0.494 e. The fourth-order valence-electron chi connectivity index (χ4n) is 3.72. The average Bonchev–Trinajstić information content (AvgIpc) is 3.04. The van der Waals surface area contributed by atoms with E-state index in [2.05, 4.69) is 0 Å². The Balaban J connectivity index is 1.62. The van der Waals surface area contributed by atoms with Gasteiger partial charge in [0.25, 0.3) is 0 Å². The monoisotopic (exact) mass is 455 g/mol. The summed E-state index contributed by atoms with van der Waals surface area (Å²) in [5.41, 5.74) is 2.34. The van der Waals surface area contributed by atoms with Crippen molar-refractivity contribution in [3.8, 4) is 5.75 Å². The molecule has 4 aromatic rings. The number of alkyl halides is 3. The van der Waals surface area contributed by atoms with E-state index >= 15 is 0 Å². The molecule has 0 unspecified atom stereocenters. The van der Waals surface area contributed by atoms with E-state index in [0.29, 0.717) is 36.3 Å². The Hall–Kier alpha value is -3.49. The van der Waals surface area contributed by atoms with Gasteiger partial charge in [0.2, 0.25) is 5.62 Å². The molecule has 170 valence electrons. The first-order chi connectivity index (χ1) is 15.7. The lowest BCUT2D eigenvalue weighted by Crippen LogP contribution is -2.25. The molecule has 0 amide bonds. The zero-order valence-corrected chi connectivity index (χ0v) is 18.0. The molecule has 0 atom stereocenters. The third-order valence-electron chi connectivity index (χ3n) is 5.47. The van der Waals surface area contributed by atoms with Gasteiger partial charge in [-0.05, 0) is 54.4 Å². The summed E-state index contributed by atoms with van der Waals surface area (Å²) in [6, 6.07) is 17.0. The standard InChI is InChI=1S/C24H22BF4N3O/c25-18-5-2-16(3-6-18)15-32-21-11-4-17(24(27,28)29)14-22(21)31(23(32)30)12-1-13-33-20-9-7-19(26)8-10-20/h2-11,14,30H,1,12-13,15,25H2. The number of hydrogen-bond acceptors (Lipinski definition) is 2. The smallest absolute Gasteiger partial charge is 0.416 e. The van der Waals surface area contributed by atoms with Gasteiger partial charge in [-0.15, -0.1) is 0 Å². The van der Waals surface area contributed by atoms with Gasteiger partial charge in [-0.25, -0.2) is 4.39 Å². The van der Waals surface area contributed by atoms with E-state index in [0.717, 1.165) is 23.2 Å². The van der Waals surface area contributed by atoms with Gasteiger partial charge in [-0.1, -0.05) is 29.7 Å². The van der Waals surface area contributed by atoms with E-state index < -0.39 is 11.7 Å². The maximum absolute atomic E-state index is 13.4. The van der Waals surface area contributed by atoms with Crippen molar-refractivity contribution >= 4 is 24.3 Å². The highest BCUT2D eigenvalue weighted by molar-refractivity contribution is 6.32. The van der Waals surface area contributed by atoms with Crippen molar-refractivity contribution in [3.63, 3.8) is 0 Å². The summed E-state index contributed by atoms with van der Waals surface area (Å²) in [4.78, 5) is 0. The SMILES string of the molecule is Bc1ccc(Cn2c(=N)n(CCCOc3ccc(F)cc3)c3cc(C(F)(F)F)ccc32)cc1. The average molecular weight is 455 g/mol. The highest BCUT2D eigenvalue weighted by atomic mass is 19.4. The second-order valence-corrected chi connectivity index (χ2v) is 7.90. The highest BCUT2D eigenvalue weighted by Crippen LogP contribution is 2.31. The van der Waals surface area contributed by atoms with Crippen LogP contribution in [-0.2, 0) is 19.3 Å². The molecule has 0 spiro atoms. The number of nitrogens with one attached hydrogen (secondary N) is 1. The van der Waals surface area contributed by atoms with Gasteiger partial charge in [0, 0.05) is 6.54 Å². The summed E-state index contributed by atoms with van der Waals surface area (Å²) in [6.07, 6.45) is -4.01. The molecular weight excluding hydrogens is 433 g/mol. The third-order valence-corrected chi connectivity index (χ3v) is 5.47. The number of ether oxygens (including phenoxy) is 1. The van der Waals surface area contributed by atoms with Crippen LogP contribution >= 0.6 is 0 Å². The van der Waals surface area contributed by atoms with Crippen molar-refractivity contribution in [1.82, 2.24) is 9.13 Å². The molecule has 9 heteroatoms. The highest BCUT2D eigenvalue weighted by Gasteiger charge is 2.31. The molecule has 0 aliphatic carbocycles. The topological polar surface area (TPSA) is 42.9 Å². The van der Waals surface area contributed by atoms with Crippen molar-refractivity contribution in [1.29, 1.82) is 5.41 Å². The maximum Gasteiger partial charge on any atom is 0.416 e. The minimum Gasteiger partial charge on any atom is -0.494 e. The lowest BCUT2D eigenvalue weighted by Gasteiger charge is -2.09. The number of aromatic nitrogens is 2. The Kier molecular flexibility index (Phi) is 6.31. The minimum absolute atomic E-state index is 0.117. The van der Waals surface area contributed by atoms with Crippen molar-refractivity contribution in [2.45, 2.75) is 25.7 Å². The Morgan fingerprint density at radius 2 is 1.58 bits per heavy atom. The molecule has 0 bridgehead atoms. The van der Waals surface area contributed by atoms with Crippen LogP contribution in [0.3, 0.4) is 0 Å². The lowest BCUT2D eigenvalue weighted by atomic mass is 9.95. The maximum atomic E-state index is 13.4. The van der Waals surface area contributed by atoms with Crippen LogP contribution in [0.25, 0.3) is 11.0 Å². The first-order valence-corrected chi connectivity index (χ1v) is 10.5. The Morgan fingerprint density at radius 3 is 2.24 bits per heavy atom. The lowest BCUT2D eigenvalue weighted by molar-refractivity contribution is -0.137. The molecule has 1 N–H and O–H groups in total.